The molecule has 0 N–H and O–H groups in total. The molecule has 0 heterocycles. The quantitative estimate of drug-likeness (QED) is 0.756. The van der Waals surface area contributed by atoms with E-state index in [2.05, 4.69) is 16.9 Å². The Morgan fingerprint density at radius 2 is 1.83 bits per heavy atom. The Bertz CT molecular complexity index is 397. The molecule has 0 bridgehead atoms. The highest BCUT2D eigenvalue weighted by molar-refractivity contribution is 6.30. The number of methoxy groups -OCH3 is 1. The van der Waals surface area contributed by atoms with Crippen LogP contribution in [0.25, 0.3) is 0 Å². The van der Waals surface area contributed by atoms with Crippen LogP contribution < -0.4 is 0 Å². The van der Waals surface area contributed by atoms with Gasteiger partial charge in [-0.2, -0.15) is 0 Å². The number of esters is 1. The van der Waals surface area contributed by atoms with Gasteiger partial charge in [-0.05, 0) is 48.3 Å². The maximum Gasteiger partial charge on any atom is 0.305 e. The molecular formula is C15H19ClO2. The van der Waals surface area contributed by atoms with Crippen LogP contribution in [-0.4, -0.2) is 13.1 Å². The van der Waals surface area contributed by atoms with Gasteiger partial charge in [0, 0.05) is 11.4 Å². The predicted molar refractivity (Wildman–Crippen MR) is 72.7 cm³/mol. The summed E-state index contributed by atoms with van der Waals surface area (Å²) in [6, 6.07) is 8.39. The molecule has 2 saturated carbocycles. The van der Waals surface area contributed by atoms with E-state index in [1.807, 2.05) is 12.1 Å². The van der Waals surface area contributed by atoms with Gasteiger partial charge >= 0.3 is 5.97 Å². The molecule has 3 rings (SSSR count). The number of halogens is 1. The van der Waals surface area contributed by atoms with Crippen LogP contribution in [0.4, 0.5) is 0 Å². The van der Waals surface area contributed by atoms with Gasteiger partial charge in [0.2, 0.25) is 0 Å². The van der Waals surface area contributed by atoms with E-state index in [1.54, 1.807) is 6.92 Å². The van der Waals surface area contributed by atoms with Crippen LogP contribution in [0, 0.1) is 11.8 Å². The molecule has 2 atom stereocenters. The molecule has 1 aromatic carbocycles. The first-order valence-electron chi connectivity index (χ1n) is 6.49. The smallest absolute Gasteiger partial charge is 0.305 e. The maximum atomic E-state index is 9.96. The lowest BCUT2D eigenvalue weighted by molar-refractivity contribution is -0.140. The van der Waals surface area contributed by atoms with Gasteiger partial charge in [0.05, 0.1) is 7.11 Å². The van der Waals surface area contributed by atoms with E-state index in [0.717, 1.165) is 22.8 Å². The minimum atomic E-state index is -0.157. The summed E-state index contributed by atoms with van der Waals surface area (Å²) in [5.74, 6) is 2.80. The van der Waals surface area contributed by atoms with Gasteiger partial charge in [-0.1, -0.05) is 30.7 Å². The lowest BCUT2D eigenvalue weighted by Crippen LogP contribution is -1.94. The summed E-state index contributed by atoms with van der Waals surface area (Å²) in [6.07, 6.45) is 3.38. The second-order valence-electron chi connectivity index (χ2n) is 4.91. The topological polar surface area (TPSA) is 26.3 Å². The molecule has 0 saturated heterocycles. The van der Waals surface area contributed by atoms with Crippen molar-refractivity contribution in [3.05, 3.63) is 34.9 Å². The molecule has 3 heteroatoms. The number of rotatable bonds is 2. The number of carbonyl (C=O) groups excluding carboxylic acids is 1. The maximum absolute atomic E-state index is 9.96. The van der Waals surface area contributed by atoms with Crippen molar-refractivity contribution in [3.8, 4) is 0 Å². The zero-order valence-corrected chi connectivity index (χ0v) is 11.6. The van der Waals surface area contributed by atoms with Crippen molar-refractivity contribution in [2.24, 2.45) is 11.8 Å². The molecule has 0 spiro atoms. The van der Waals surface area contributed by atoms with E-state index in [4.69, 9.17) is 11.6 Å². The van der Waals surface area contributed by atoms with Crippen molar-refractivity contribution in [1.29, 1.82) is 0 Å². The summed E-state index contributed by atoms with van der Waals surface area (Å²) in [6.45, 7) is 1.76. The Balaban J connectivity index is 0.000000174. The van der Waals surface area contributed by atoms with Crippen LogP contribution in [0.15, 0.2) is 24.3 Å². The Hall–Kier alpha value is -1.02. The summed E-state index contributed by atoms with van der Waals surface area (Å²) in [5, 5.41) is 0.853. The van der Waals surface area contributed by atoms with Gasteiger partial charge in [-0.3, -0.25) is 4.79 Å². The van der Waals surface area contributed by atoms with E-state index < -0.39 is 0 Å². The number of benzene rings is 1. The molecule has 0 radical (unpaired) electrons. The Kier molecular flexibility index (Phi) is 4.28. The average molecular weight is 267 g/mol. The number of hydrogen-bond acceptors (Lipinski definition) is 2. The first-order valence-corrected chi connectivity index (χ1v) is 6.87. The lowest BCUT2D eigenvalue weighted by Gasteiger charge is -2.04. The van der Waals surface area contributed by atoms with Crippen LogP contribution in [0.1, 0.15) is 37.7 Å². The van der Waals surface area contributed by atoms with E-state index in [1.165, 1.54) is 25.5 Å². The minimum Gasteiger partial charge on any atom is -0.469 e. The molecule has 18 heavy (non-hydrogen) atoms. The molecule has 2 nitrogen and oxygen atoms in total. The number of ether oxygens (including phenoxy) is 1. The fourth-order valence-electron chi connectivity index (χ4n) is 2.68. The van der Waals surface area contributed by atoms with E-state index >= 15 is 0 Å². The zero-order chi connectivity index (χ0) is 13.1. The van der Waals surface area contributed by atoms with Gasteiger partial charge in [0.25, 0.3) is 0 Å². The van der Waals surface area contributed by atoms with Crippen LogP contribution in [0.3, 0.4) is 0 Å². The highest BCUT2D eigenvalue weighted by atomic mass is 35.5. The first kappa shape index (κ1) is 13.4. The molecule has 98 valence electrons. The monoisotopic (exact) mass is 266 g/mol. The summed E-state index contributed by atoms with van der Waals surface area (Å²) in [7, 11) is 1.38. The second-order valence-corrected chi connectivity index (χ2v) is 5.35. The average Bonchev–Trinajstić information content (AvgIpc) is 2.90. The van der Waals surface area contributed by atoms with E-state index in [0.29, 0.717) is 6.42 Å². The second kappa shape index (κ2) is 5.75. The van der Waals surface area contributed by atoms with Crippen molar-refractivity contribution < 1.29 is 9.53 Å². The molecule has 2 aliphatic carbocycles. The van der Waals surface area contributed by atoms with E-state index in [9.17, 15) is 4.79 Å². The van der Waals surface area contributed by atoms with Gasteiger partial charge in [0.1, 0.15) is 0 Å². The fraction of sp³-hybridized carbons (Fsp3) is 0.533. The Morgan fingerprint density at radius 1 is 1.28 bits per heavy atom. The fourth-order valence-corrected chi connectivity index (χ4v) is 2.81. The summed E-state index contributed by atoms with van der Waals surface area (Å²) >= 11 is 5.83. The van der Waals surface area contributed by atoms with Crippen LogP contribution in [-0.2, 0) is 9.53 Å². The normalized spacial score (nSPS) is 27.2. The number of carbonyl (C=O) groups is 1. The third kappa shape index (κ3) is 2.86. The molecule has 2 fully saturated rings. The third-order valence-corrected chi connectivity index (χ3v) is 4.19. The Labute approximate surface area is 113 Å². The lowest BCUT2D eigenvalue weighted by atomic mass is 10.0. The van der Waals surface area contributed by atoms with Crippen LogP contribution in [0.2, 0.25) is 5.02 Å². The third-order valence-electron chi connectivity index (χ3n) is 3.94. The van der Waals surface area contributed by atoms with Crippen LogP contribution in [0.5, 0.6) is 0 Å². The van der Waals surface area contributed by atoms with Gasteiger partial charge in [-0.25, -0.2) is 0 Å². The van der Waals surface area contributed by atoms with Crippen molar-refractivity contribution in [2.75, 3.05) is 7.11 Å². The molecule has 0 aliphatic heterocycles. The van der Waals surface area contributed by atoms with Crippen molar-refractivity contribution in [1.82, 2.24) is 0 Å². The standard InChI is InChI=1S/C11H11Cl.C4H8O2/c12-8-3-1-7(2-4-8)11-9-5-6-10(9)11;1-3-4(5)6-2/h1-4,9-11H,5-6H2;3H2,1-2H3. The minimum absolute atomic E-state index is 0.157. The molecule has 0 amide bonds. The SMILES string of the molecule is CCC(=O)OC.Clc1ccc(C2C3CCC32)cc1. The van der Waals surface area contributed by atoms with Crippen molar-refractivity contribution in [3.63, 3.8) is 0 Å². The first-order chi connectivity index (χ1) is 8.67. The van der Waals surface area contributed by atoms with Gasteiger partial charge in [-0.15, -0.1) is 0 Å². The highest BCUT2D eigenvalue weighted by Gasteiger charge is 2.56. The zero-order valence-electron chi connectivity index (χ0n) is 10.9. The Morgan fingerprint density at radius 3 is 2.17 bits per heavy atom. The van der Waals surface area contributed by atoms with Gasteiger partial charge < -0.3 is 4.74 Å². The predicted octanol–water partition coefficient (Wildman–Crippen LogP) is 4.03. The summed E-state index contributed by atoms with van der Waals surface area (Å²) in [5.41, 5.74) is 1.51. The molecule has 2 unspecified atom stereocenters. The molecule has 1 aromatic rings. The summed E-state index contributed by atoms with van der Waals surface area (Å²) in [4.78, 5) is 9.96. The van der Waals surface area contributed by atoms with E-state index in [-0.39, 0.29) is 5.97 Å². The van der Waals surface area contributed by atoms with Crippen molar-refractivity contribution in [2.45, 2.75) is 32.1 Å². The number of fused-ring (bicyclic) bond motifs is 1. The summed E-state index contributed by atoms with van der Waals surface area (Å²) < 4.78 is 4.26. The largest absolute Gasteiger partial charge is 0.469 e. The molecule has 2 aliphatic rings. The van der Waals surface area contributed by atoms with Crippen molar-refractivity contribution >= 4 is 17.6 Å². The van der Waals surface area contributed by atoms with Crippen LogP contribution >= 0.6 is 11.6 Å². The number of hydrogen-bond donors (Lipinski definition) is 0. The highest BCUT2D eigenvalue weighted by Crippen LogP contribution is 2.66. The van der Waals surface area contributed by atoms with Gasteiger partial charge in [0.15, 0.2) is 0 Å². The molecule has 0 aromatic heterocycles. The molecular weight excluding hydrogens is 248 g/mol.